The van der Waals surface area contributed by atoms with Crippen LogP contribution in [0.25, 0.3) is 0 Å². The van der Waals surface area contributed by atoms with Crippen LogP contribution in [-0.4, -0.2) is 16.7 Å². The molecule has 6 heavy (non-hydrogen) atoms. The van der Waals surface area contributed by atoms with Crippen LogP contribution in [0.5, 0.6) is 0 Å². The van der Waals surface area contributed by atoms with Crippen molar-refractivity contribution in [3.8, 4) is 0 Å². The number of hydrogen-bond acceptors (Lipinski definition) is 1. The van der Waals surface area contributed by atoms with Crippen LogP contribution in [0.1, 0.15) is 0 Å². The second-order valence-corrected chi connectivity index (χ2v) is 10.5. The third-order valence-corrected chi connectivity index (χ3v) is 0. The molecule has 0 aliphatic carbocycles. The van der Waals surface area contributed by atoms with E-state index in [4.69, 9.17) is 21.4 Å². The van der Waals surface area contributed by atoms with Gasteiger partial charge in [-0.2, -0.15) is 0 Å². The fourth-order valence-electron chi connectivity index (χ4n) is 0. The zero-order valence-corrected chi connectivity index (χ0v) is 5.90. The molecule has 0 amide bonds. The van der Waals surface area contributed by atoms with Crippen LogP contribution >= 0.6 is 21.4 Å². The molecule has 1 nitrogen and oxygen atoms in total. The Morgan fingerprint density at radius 3 is 1.33 bits per heavy atom. The average Bonchev–Trinajstić information content (AvgIpc) is 0.650. The molecule has 0 unspecified atom stereocenters. The average molecular weight is 149 g/mol. The molecule has 40 valence electrons. The van der Waals surface area contributed by atoms with Crippen LogP contribution in [0, 0.1) is 0 Å². The summed E-state index contributed by atoms with van der Waals surface area (Å²) >= 11 is 0. The Hall–Kier alpha value is 0.730. The minimum Gasteiger partial charge on any atom is -0.254 e. The Bertz CT molecular complexity index is 89.2. The minimum absolute atomic E-state index is 1.29. The molecule has 0 aromatic carbocycles. The van der Waals surface area contributed by atoms with Gasteiger partial charge in [0, 0.05) is 20.0 Å². The van der Waals surface area contributed by atoms with Gasteiger partial charge in [-0.15, -0.1) is 0 Å². The molecule has 0 saturated heterocycles. The minimum atomic E-state index is -3.16. The van der Waals surface area contributed by atoms with Gasteiger partial charge in [-0.05, 0) is 21.4 Å². The lowest BCUT2D eigenvalue weighted by Gasteiger charge is -2.12. The summed E-state index contributed by atoms with van der Waals surface area (Å²) in [7, 11) is 7.05. The van der Waals surface area contributed by atoms with Gasteiger partial charge in [0.05, 0.1) is 0 Å². The summed E-state index contributed by atoms with van der Waals surface area (Å²) in [4.78, 5) is 0. The molecule has 0 atom stereocenters. The molecule has 0 radical (unpaired) electrons. The third-order valence-electron chi connectivity index (χ3n) is 0. The maximum Gasteiger partial charge on any atom is 0.0364 e. The molecule has 0 heterocycles. The van der Waals surface area contributed by atoms with Crippen LogP contribution in [0.3, 0.4) is 0 Å². The van der Waals surface area contributed by atoms with Crippen molar-refractivity contribution in [3.05, 3.63) is 0 Å². The van der Waals surface area contributed by atoms with E-state index >= 15 is 0 Å². The van der Waals surface area contributed by atoms with E-state index in [1.807, 2.05) is 0 Å². The van der Waals surface area contributed by atoms with Gasteiger partial charge in [-0.25, -0.2) is 0 Å². The van der Waals surface area contributed by atoms with Crippen molar-refractivity contribution in [2.24, 2.45) is 0 Å². The molecule has 0 bridgehead atoms. The van der Waals surface area contributed by atoms with Crippen LogP contribution in [0.4, 0.5) is 0 Å². The van der Waals surface area contributed by atoms with E-state index in [2.05, 4.69) is 0 Å². The van der Waals surface area contributed by atoms with Crippen LogP contribution < -0.4 is 0 Å². The van der Waals surface area contributed by atoms with E-state index in [-0.39, 0.29) is 0 Å². The van der Waals surface area contributed by atoms with Crippen molar-refractivity contribution in [3.63, 3.8) is 0 Å². The first-order valence-corrected chi connectivity index (χ1v) is 5.73. The van der Waals surface area contributed by atoms with E-state index in [1.54, 1.807) is 0 Å². The van der Waals surface area contributed by atoms with Gasteiger partial charge < -0.3 is 0 Å². The van der Waals surface area contributed by atoms with Crippen molar-refractivity contribution in [1.82, 2.24) is 0 Å². The van der Waals surface area contributed by atoms with E-state index in [1.165, 1.54) is 12.5 Å². The van der Waals surface area contributed by atoms with Crippen LogP contribution in [0.15, 0.2) is 0 Å². The molecule has 0 spiro atoms. The fraction of sp³-hybridized carbons (Fsp3) is 1.00. The largest absolute Gasteiger partial charge is 0.254 e. The van der Waals surface area contributed by atoms with Crippen LogP contribution in [0.2, 0.25) is 0 Å². The monoisotopic (exact) mass is 148 g/mol. The molecule has 0 aromatic rings. The molecule has 4 heteroatoms. The summed E-state index contributed by atoms with van der Waals surface area (Å²) in [6.45, 7) is 0. The Balaban J connectivity index is 4.16. The molecular weight excluding hydrogens is 143 g/mol. The Kier molecular flexibility index (Phi) is 1.25. The zero-order chi connectivity index (χ0) is 5.45. The Morgan fingerprint density at radius 2 is 1.33 bits per heavy atom. The summed E-state index contributed by atoms with van der Waals surface area (Å²) in [6.07, 6.45) is 2.58. The first-order chi connectivity index (χ1) is 2.24. The lowest BCUT2D eigenvalue weighted by Crippen LogP contribution is -2.08. The van der Waals surface area contributed by atoms with Gasteiger partial charge in [0.15, 0.2) is 0 Å². The van der Waals surface area contributed by atoms with Crippen molar-refractivity contribution in [2.75, 3.05) is 12.5 Å². The van der Waals surface area contributed by atoms with E-state index in [0.717, 1.165) is 0 Å². The standard InChI is InChI=1S/C2H6Cl2OS/c1-6(2,3,4)5/h1-2H3. The van der Waals surface area contributed by atoms with Crippen molar-refractivity contribution >= 4 is 28.9 Å². The van der Waals surface area contributed by atoms with Crippen molar-refractivity contribution in [1.29, 1.82) is 0 Å². The number of rotatable bonds is 0. The van der Waals surface area contributed by atoms with Crippen molar-refractivity contribution < 1.29 is 4.21 Å². The smallest absolute Gasteiger partial charge is 0.0364 e. The lowest BCUT2D eigenvalue weighted by atomic mass is 11.9. The van der Waals surface area contributed by atoms with Gasteiger partial charge in [-0.3, -0.25) is 4.21 Å². The van der Waals surface area contributed by atoms with Gasteiger partial charge in [0.25, 0.3) is 0 Å². The first-order valence-electron chi connectivity index (χ1n) is 1.29. The molecule has 0 aliphatic rings. The van der Waals surface area contributed by atoms with Gasteiger partial charge in [0.1, 0.15) is 0 Å². The highest BCUT2D eigenvalue weighted by Crippen LogP contribution is 2.27. The molecule has 0 rings (SSSR count). The summed E-state index contributed by atoms with van der Waals surface area (Å²) in [5.74, 6) is 0. The van der Waals surface area contributed by atoms with Crippen LogP contribution in [-0.2, 0) is 7.49 Å². The second-order valence-electron chi connectivity index (χ2n) is 1.54. The normalized spacial score (nSPS) is 19.0. The SMILES string of the molecule is CS(C)(=O)(Cl)Cl. The highest BCUT2D eigenvalue weighted by Gasteiger charge is 2.13. The first kappa shape index (κ1) is 6.73. The Labute approximate surface area is 46.0 Å². The summed E-state index contributed by atoms with van der Waals surface area (Å²) in [5.41, 5.74) is 0. The summed E-state index contributed by atoms with van der Waals surface area (Å²) < 4.78 is 10.3. The highest BCUT2D eigenvalue weighted by molar-refractivity contribution is 8.53. The summed E-state index contributed by atoms with van der Waals surface area (Å²) in [6, 6.07) is 0. The third kappa shape index (κ3) is 123. The van der Waals surface area contributed by atoms with Crippen molar-refractivity contribution in [2.45, 2.75) is 0 Å². The van der Waals surface area contributed by atoms with E-state index in [0.29, 0.717) is 0 Å². The maximum atomic E-state index is 10.3. The van der Waals surface area contributed by atoms with Gasteiger partial charge >= 0.3 is 0 Å². The number of hydrogen-bond donors (Lipinski definition) is 0. The molecule has 0 fully saturated rings. The predicted molar refractivity (Wildman–Crippen MR) is 31.7 cm³/mol. The van der Waals surface area contributed by atoms with Gasteiger partial charge in [-0.1, -0.05) is 0 Å². The van der Waals surface area contributed by atoms with Gasteiger partial charge in [0.2, 0.25) is 0 Å². The predicted octanol–water partition coefficient (Wildman–Crippen LogP) is 1.37. The van der Waals surface area contributed by atoms with E-state index in [9.17, 15) is 4.21 Å². The maximum absolute atomic E-state index is 10.3. The lowest BCUT2D eigenvalue weighted by molar-refractivity contribution is 0.684. The highest BCUT2D eigenvalue weighted by atomic mass is 36.0. The molecular formula is C2H6Cl2OS. The fourth-order valence-corrected chi connectivity index (χ4v) is 0. The quantitative estimate of drug-likeness (QED) is 0.475. The summed E-state index contributed by atoms with van der Waals surface area (Å²) in [5, 5.41) is 0. The second kappa shape index (κ2) is 1.11. The number of halogens is 2. The van der Waals surface area contributed by atoms with E-state index < -0.39 is 7.49 Å². The molecule has 0 saturated carbocycles. The Morgan fingerprint density at radius 1 is 1.33 bits per heavy atom. The topological polar surface area (TPSA) is 17.1 Å². The molecule has 0 N–H and O–H groups in total. The molecule has 0 aromatic heterocycles. The molecule has 0 aliphatic heterocycles. The zero-order valence-electron chi connectivity index (χ0n) is 3.57.